The van der Waals surface area contributed by atoms with E-state index in [9.17, 15) is 14.4 Å². The van der Waals surface area contributed by atoms with Gasteiger partial charge in [0.15, 0.2) is 5.54 Å². The van der Waals surface area contributed by atoms with Crippen LogP contribution in [-0.2, 0) is 15.1 Å². The van der Waals surface area contributed by atoms with E-state index >= 15 is 0 Å². The van der Waals surface area contributed by atoms with E-state index in [1.165, 1.54) is 6.42 Å². The van der Waals surface area contributed by atoms with Gasteiger partial charge in [0.2, 0.25) is 5.91 Å². The fraction of sp³-hybridized carbons (Fsp3) is 0.400. The molecule has 4 amide bonds. The van der Waals surface area contributed by atoms with E-state index in [0.717, 1.165) is 36.3 Å². The first-order valence-electron chi connectivity index (χ1n) is 11.3. The van der Waals surface area contributed by atoms with E-state index in [4.69, 9.17) is 4.74 Å². The summed E-state index contributed by atoms with van der Waals surface area (Å²) >= 11 is 0. The van der Waals surface area contributed by atoms with Crippen LogP contribution in [0.4, 0.5) is 10.5 Å². The molecular formula is C25H27N3O4. The number of carbonyl (C=O) groups excluding carboxylic acids is 3. The van der Waals surface area contributed by atoms with Gasteiger partial charge in [-0.15, -0.1) is 0 Å². The van der Waals surface area contributed by atoms with Gasteiger partial charge in [0.1, 0.15) is 12.3 Å². The molecule has 3 aliphatic rings. The van der Waals surface area contributed by atoms with Crippen LogP contribution in [0.5, 0.6) is 5.75 Å². The number of urea groups is 1. The van der Waals surface area contributed by atoms with Crippen LogP contribution >= 0.6 is 0 Å². The summed E-state index contributed by atoms with van der Waals surface area (Å²) in [6, 6.07) is 16.3. The molecule has 5 rings (SSSR count). The molecule has 1 aliphatic carbocycles. The van der Waals surface area contributed by atoms with Gasteiger partial charge in [0, 0.05) is 23.7 Å². The van der Waals surface area contributed by atoms with Gasteiger partial charge in [-0.1, -0.05) is 55.7 Å². The summed E-state index contributed by atoms with van der Waals surface area (Å²) in [5.74, 6) is -0.0269. The summed E-state index contributed by atoms with van der Waals surface area (Å²) in [5.41, 5.74) is 0.281. The Morgan fingerprint density at radius 3 is 2.53 bits per heavy atom. The average Bonchev–Trinajstić information content (AvgIpc) is 3.05. The Kier molecular flexibility index (Phi) is 5.33. The molecule has 7 heteroatoms. The lowest BCUT2D eigenvalue weighted by Crippen LogP contribution is -2.50. The Morgan fingerprint density at radius 2 is 1.75 bits per heavy atom. The highest BCUT2D eigenvalue weighted by Gasteiger charge is 2.55. The molecule has 0 aromatic heterocycles. The van der Waals surface area contributed by atoms with Crippen LogP contribution in [0, 0.1) is 0 Å². The Balaban J connectivity index is 1.42. The quantitative estimate of drug-likeness (QED) is 0.748. The van der Waals surface area contributed by atoms with E-state index in [0.29, 0.717) is 24.3 Å². The predicted molar refractivity (Wildman–Crippen MR) is 119 cm³/mol. The van der Waals surface area contributed by atoms with Crippen molar-refractivity contribution in [1.82, 2.24) is 10.2 Å². The highest BCUT2D eigenvalue weighted by Crippen LogP contribution is 2.41. The maximum absolute atomic E-state index is 13.5. The summed E-state index contributed by atoms with van der Waals surface area (Å²) in [7, 11) is 0. The number of rotatable bonds is 4. The van der Waals surface area contributed by atoms with Crippen LogP contribution in [0.3, 0.4) is 0 Å². The second kappa shape index (κ2) is 8.30. The summed E-state index contributed by atoms with van der Waals surface area (Å²) in [6.45, 7) is 0.0455. The van der Waals surface area contributed by atoms with Crippen molar-refractivity contribution in [3.8, 4) is 5.75 Å². The predicted octanol–water partition coefficient (Wildman–Crippen LogP) is 3.58. The number of nitrogens with one attached hydrogen (secondary N) is 1. The summed E-state index contributed by atoms with van der Waals surface area (Å²) in [5, 5.41) is 2.88. The smallest absolute Gasteiger partial charge is 0.325 e. The number of amides is 4. The van der Waals surface area contributed by atoms with Crippen LogP contribution in [0.2, 0.25) is 0 Å². The number of para-hydroxylation sites is 2. The summed E-state index contributed by atoms with van der Waals surface area (Å²) in [6.07, 6.45) is 5.51. The van der Waals surface area contributed by atoms with Crippen molar-refractivity contribution in [3.05, 3.63) is 60.2 Å². The van der Waals surface area contributed by atoms with Gasteiger partial charge in [-0.05, 0) is 31.0 Å². The van der Waals surface area contributed by atoms with E-state index in [1.807, 2.05) is 42.5 Å². The van der Waals surface area contributed by atoms with Gasteiger partial charge in [-0.25, -0.2) is 4.79 Å². The van der Waals surface area contributed by atoms with Crippen molar-refractivity contribution < 1.29 is 19.1 Å². The minimum atomic E-state index is -1.17. The molecule has 2 aromatic rings. The molecule has 2 fully saturated rings. The Morgan fingerprint density at radius 1 is 1.03 bits per heavy atom. The van der Waals surface area contributed by atoms with Crippen LogP contribution in [0.1, 0.15) is 44.1 Å². The molecule has 2 aliphatic heterocycles. The third kappa shape index (κ3) is 3.42. The normalized spacial score (nSPS) is 22.9. The number of benzene rings is 2. The highest BCUT2D eigenvalue weighted by atomic mass is 16.5. The standard InChI is InChI=1S/C25H27N3O4/c29-22(28(18-9-3-1-4-10-18)19-11-5-2-6-12-19)17-27-23(30)25(26-24(27)31)15-16-32-21-14-8-7-13-20(21)25/h1,3-4,7-10,13-14,19H,2,5-6,11-12,15-17H2,(H,26,31). The Labute approximate surface area is 187 Å². The lowest BCUT2D eigenvalue weighted by Gasteiger charge is -2.35. The van der Waals surface area contributed by atoms with Crippen molar-refractivity contribution in [2.75, 3.05) is 18.1 Å². The topological polar surface area (TPSA) is 79.0 Å². The third-order valence-corrected chi connectivity index (χ3v) is 6.79. The molecule has 1 atom stereocenters. The van der Waals surface area contributed by atoms with Gasteiger partial charge < -0.3 is 15.0 Å². The molecular weight excluding hydrogens is 406 g/mol. The molecule has 7 nitrogen and oxygen atoms in total. The largest absolute Gasteiger partial charge is 0.493 e. The lowest BCUT2D eigenvalue weighted by atomic mass is 9.84. The molecule has 2 heterocycles. The number of carbonyl (C=O) groups is 3. The maximum atomic E-state index is 13.5. The average molecular weight is 434 g/mol. The second-order valence-corrected chi connectivity index (χ2v) is 8.71. The van der Waals surface area contributed by atoms with E-state index in [2.05, 4.69) is 5.32 Å². The number of hydrogen-bond donors (Lipinski definition) is 1. The lowest BCUT2D eigenvalue weighted by molar-refractivity contribution is -0.135. The SMILES string of the molecule is O=C1NC2(CCOc3ccccc32)C(=O)N1CC(=O)N(c1ccccc1)C1CCCCC1. The molecule has 1 N–H and O–H groups in total. The molecule has 1 unspecified atom stereocenters. The summed E-state index contributed by atoms with van der Waals surface area (Å²) in [4.78, 5) is 42.9. The Bertz CT molecular complexity index is 1030. The first-order chi connectivity index (χ1) is 15.6. The molecule has 1 saturated carbocycles. The Hall–Kier alpha value is -3.35. The molecule has 166 valence electrons. The molecule has 1 saturated heterocycles. The third-order valence-electron chi connectivity index (χ3n) is 6.79. The van der Waals surface area contributed by atoms with Crippen LogP contribution in [0.25, 0.3) is 0 Å². The highest BCUT2D eigenvalue weighted by molar-refractivity contribution is 6.11. The molecule has 2 aromatic carbocycles. The van der Waals surface area contributed by atoms with Crippen molar-refractivity contribution in [1.29, 1.82) is 0 Å². The van der Waals surface area contributed by atoms with Crippen molar-refractivity contribution in [2.24, 2.45) is 0 Å². The van der Waals surface area contributed by atoms with Crippen molar-refractivity contribution >= 4 is 23.5 Å². The van der Waals surface area contributed by atoms with Crippen LogP contribution in [-0.4, -0.2) is 41.9 Å². The minimum Gasteiger partial charge on any atom is -0.493 e. The number of nitrogens with zero attached hydrogens (tertiary/aromatic N) is 2. The molecule has 32 heavy (non-hydrogen) atoms. The first kappa shape index (κ1) is 20.5. The van der Waals surface area contributed by atoms with Gasteiger partial charge >= 0.3 is 6.03 Å². The minimum absolute atomic E-state index is 0.0807. The van der Waals surface area contributed by atoms with E-state index in [1.54, 1.807) is 17.0 Å². The number of anilines is 1. The zero-order valence-corrected chi connectivity index (χ0v) is 18.0. The number of ether oxygens (including phenoxy) is 1. The van der Waals surface area contributed by atoms with E-state index < -0.39 is 11.6 Å². The number of fused-ring (bicyclic) bond motifs is 2. The zero-order chi connectivity index (χ0) is 22.1. The maximum Gasteiger partial charge on any atom is 0.325 e. The zero-order valence-electron chi connectivity index (χ0n) is 18.0. The van der Waals surface area contributed by atoms with Crippen LogP contribution in [0.15, 0.2) is 54.6 Å². The van der Waals surface area contributed by atoms with Gasteiger partial charge in [-0.2, -0.15) is 0 Å². The van der Waals surface area contributed by atoms with Crippen molar-refractivity contribution in [3.63, 3.8) is 0 Å². The van der Waals surface area contributed by atoms with Gasteiger partial charge in [0.25, 0.3) is 5.91 Å². The van der Waals surface area contributed by atoms with Gasteiger partial charge in [-0.3, -0.25) is 14.5 Å². The second-order valence-electron chi connectivity index (χ2n) is 8.71. The monoisotopic (exact) mass is 433 g/mol. The first-order valence-corrected chi connectivity index (χ1v) is 11.3. The molecule has 1 spiro atoms. The summed E-state index contributed by atoms with van der Waals surface area (Å²) < 4.78 is 5.69. The molecule has 0 radical (unpaired) electrons. The van der Waals surface area contributed by atoms with Crippen LogP contribution < -0.4 is 15.0 Å². The van der Waals surface area contributed by atoms with E-state index in [-0.39, 0.29) is 24.4 Å². The fourth-order valence-electron chi connectivity index (χ4n) is 5.21. The van der Waals surface area contributed by atoms with Gasteiger partial charge in [0.05, 0.1) is 6.61 Å². The fourth-order valence-corrected chi connectivity index (χ4v) is 5.21. The van der Waals surface area contributed by atoms with Crippen molar-refractivity contribution in [2.45, 2.75) is 50.1 Å². The number of imide groups is 1. The molecule has 0 bridgehead atoms. The number of hydrogen-bond acceptors (Lipinski definition) is 4.